The fourth-order valence-electron chi connectivity index (χ4n) is 1.56. The van der Waals surface area contributed by atoms with E-state index in [1.165, 1.54) is 6.08 Å². The summed E-state index contributed by atoms with van der Waals surface area (Å²) in [5.74, 6) is -1.01. The molecule has 1 aromatic carbocycles. The lowest BCUT2D eigenvalue weighted by Gasteiger charge is -2.21. The highest BCUT2D eigenvalue weighted by molar-refractivity contribution is 7.53. The van der Waals surface area contributed by atoms with E-state index in [9.17, 15) is 14.3 Å². The molecule has 0 aliphatic heterocycles. The van der Waals surface area contributed by atoms with Gasteiger partial charge >= 0.3 is 13.7 Å². The Morgan fingerprint density at radius 1 is 1.48 bits per heavy atom. The van der Waals surface area contributed by atoms with E-state index in [-0.39, 0.29) is 19.6 Å². The zero-order valence-corrected chi connectivity index (χ0v) is 12.8. The summed E-state index contributed by atoms with van der Waals surface area (Å²) in [5, 5.41) is 2.35. The third-order valence-corrected chi connectivity index (χ3v) is 4.46. The van der Waals surface area contributed by atoms with Gasteiger partial charge in [-0.2, -0.15) is 0 Å². The van der Waals surface area contributed by atoms with Crippen molar-refractivity contribution in [1.29, 1.82) is 0 Å². The topological polar surface area (TPSA) is 84.9 Å². The lowest BCUT2D eigenvalue weighted by atomic mass is 10.2. The van der Waals surface area contributed by atoms with Gasteiger partial charge in [-0.15, -0.1) is 6.58 Å². The van der Waals surface area contributed by atoms with Gasteiger partial charge in [0, 0.05) is 0 Å². The van der Waals surface area contributed by atoms with Crippen molar-refractivity contribution < 1.29 is 23.5 Å². The molecule has 1 rings (SSSR count). The Hall–Kier alpha value is -1.62. The predicted molar refractivity (Wildman–Crippen MR) is 79.8 cm³/mol. The van der Waals surface area contributed by atoms with Gasteiger partial charge in [-0.25, -0.2) is 4.79 Å². The Balaban J connectivity index is 2.50. The summed E-state index contributed by atoms with van der Waals surface area (Å²) >= 11 is 0. The second kappa shape index (κ2) is 8.62. The van der Waals surface area contributed by atoms with Gasteiger partial charge in [0.05, 0.1) is 6.61 Å². The number of amides is 1. The van der Waals surface area contributed by atoms with Crippen LogP contribution in [-0.2, 0) is 20.4 Å². The summed E-state index contributed by atoms with van der Waals surface area (Å²) in [6, 6.07) is 9.14. The molecule has 2 N–H and O–H groups in total. The molecule has 0 aromatic heterocycles. The van der Waals surface area contributed by atoms with Crippen LogP contribution in [0.2, 0.25) is 0 Å². The maximum atomic E-state index is 11.9. The van der Waals surface area contributed by atoms with Crippen LogP contribution >= 0.6 is 7.60 Å². The van der Waals surface area contributed by atoms with E-state index in [0.29, 0.717) is 0 Å². The van der Waals surface area contributed by atoms with Gasteiger partial charge in [-0.1, -0.05) is 43.3 Å². The molecule has 0 heterocycles. The molecule has 0 saturated heterocycles. The van der Waals surface area contributed by atoms with Crippen molar-refractivity contribution in [3.05, 3.63) is 48.6 Å². The first kappa shape index (κ1) is 17.4. The molecular weight excluding hydrogens is 293 g/mol. The van der Waals surface area contributed by atoms with E-state index in [1.807, 2.05) is 30.3 Å². The number of carbonyl (C=O) groups is 1. The Kier molecular flexibility index (Phi) is 7.15. The first-order valence-electron chi connectivity index (χ1n) is 6.54. The third-order valence-electron chi connectivity index (χ3n) is 2.66. The average Bonchev–Trinajstić information content (AvgIpc) is 2.49. The Morgan fingerprint density at radius 3 is 2.71 bits per heavy atom. The molecule has 0 fully saturated rings. The maximum absolute atomic E-state index is 11.9. The van der Waals surface area contributed by atoms with E-state index < -0.39 is 19.5 Å². The molecule has 7 heteroatoms. The van der Waals surface area contributed by atoms with E-state index >= 15 is 0 Å². The molecule has 1 aromatic rings. The van der Waals surface area contributed by atoms with E-state index in [4.69, 9.17) is 9.26 Å². The smallest absolute Gasteiger partial charge is 0.408 e. The van der Waals surface area contributed by atoms with E-state index in [0.717, 1.165) is 5.56 Å². The molecule has 6 nitrogen and oxygen atoms in total. The third kappa shape index (κ3) is 6.12. The Morgan fingerprint density at radius 2 is 2.14 bits per heavy atom. The van der Waals surface area contributed by atoms with Crippen LogP contribution < -0.4 is 5.32 Å². The van der Waals surface area contributed by atoms with Gasteiger partial charge in [0.2, 0.25) is 0 Å². The van der Waals surface area contributed by atoms with Crippen LogP contribution in [0.1, 0.15) is 18.9 Å². The Bertz CT molecular complexity index is 505. The van der Waals surface area contributed by atoms with Crippen molar-refractivity contribution in [2.45, 2.75) is 25.7 Å². The number of carbonyl (C=O) groups excluding carboxylic acids is 1. The number of hydrogen-bond acceptors (Lipinski definition) is 4. The van der Waals surface area contributed by atoms with E-state index in [2.05, 4.69) is 11.9 Å². The second-order valence-corrected chi connectivity index (χ2v) is 6.29. The van der Waals surface area contributed by atoms with Crippen LogP contribution in [-0.4, -0.2) is 23.4 Å². The molecular formula is C14H20NO5P. The van der Waals surface area contributed by atoms with Crippen LogP contribution in [0.15, 0.2) is 43.0 Å². The zero-order chi connectivity index (χ0) is 15.7. The molecule has 0 spiro atoms. The standard InChI is InChI=1S/C14H20NO5P/c1-3-10-20-21(17,18)13(4-2)15-14(16)19-11-12-8-6-5-7-9-12/h3,5-9,13H,1,4,10-11H2,2H3,(H,15,16)(H,17,18). The number of ether oxygens (including phenoxy) is 1. The molecule has 0 saturated carbocycles. The summed E-state index contributed by atoms with van der Waals surface area (Å²) < 4.78 is 21.7. The summed E-state index contributed by atoms with van der Waals surface area (Å²) in [7, 11) is -3.95. The summed E-state index contributed by atoms with van der Waals surface area (Å²) in [5.41, 5.74) is 0.829. The quantitative estimate of drug-likeness (QED) is 0.569. The first-order chi connectivity index (χ1) is 9.99. The summed E-state index contributed by atoms with van der Waals surface area (Å²) in [6.45, 7) is 5.10. The highest BCUT2D eigenvalue weighted by Gasteiger charge is 2.32. The number of hydrogen-bond donors (Lipinski definition) is 2. The summed E-state index contributed by atoms with van der Waals surface area (Å²) in [4.78, 5) is 21.4. The molecule has 0 aliphatic carbocycles. The zero-order valence-electron chi connectivity index (χ0n) is 11.9. The fraction of sp³-hybridized carbons (Fsp3) is 0.357. The maximum Gasteiger partial charge on any atom is 0.408 e. The lowest BCUT2D eigenvalue weighted by molar-refractivity contribution is 0.136. The highest BCUT2D eigenvalue weighted by Crippen LogP contribution is 2.47. The van der Waals surface area contributed by atoms with Crippen molar-refractivity contribution in [2.75, 3.05) is 6.61 Å². The van der Waals surface area contributed by atoms with Crippen molar-refractivity contribution in [2.24, 2.45) is 0 Å². The van der Waals surface area contributed by atoms with Gasteiger partial charge in [-0.05, 0) is 12.0 Å². The van der Waals surface area contributed by atoms with Crippen molar-refractivity contribution >= 4 is 13.7 Å². The van der Waals surface area contributed by atoms with Crippen molar-refractivity contribution in [1.82, 2.24) is 5.32 Å². The molecule has 0 bridgehead atoms. The fourth-order valence-corrected chi connectivity index (χ4v) is 2.79. The van der Waals surface area contributed by atoms with Gasteiger partial charge in [0.1, 0.15) is 12.4 Å². The summed E-state index contributed by atoms with van der Waals surface area (Å²) in [6.07, 6.45) is 0.844. The molecule has 116 valence electrons. The minimum absolute atomic E-state index is 0.0645. The van der Waals surface area contributed by atoms with Gasteiger partial charge in [0.15, 0.2) is 0 Å². The van der Waals surface area contributed by atoms with Crippen LogP contribution in [0, 0.1) is 0 Å². The second-order valence-electron chi connectivity index (χ2n) is 4.28. The van der Waals surface area contributed by atoms with Gasteiger partial charge in [-0.3, -0.25) is 4.57 Å². The molecule has 2 unspecified atom stereocenters. The number of nitrogens with one attached hydrogen (secondary N) is 1. The molecule has 0 aliphatic rings. The lowest BCUT2D eigenvalue weighted by Crippen LogP contribution is -2.35. The van der Waals surface area contributed by atoms with Crippen LogP contribution in [0.25, 0.3) is 0 Å². The number of alkyl carbamates (subject to hydrolysis) is 1. The molecule has 2 atom stereocenters. The molecule has 0 radical (unpaired) electrons. The van der Waals surface area contributed by atoms with Crippen LogP contribution in [0.3, 0.4) is 0 Å². The van der Waals surface area contributed by atoms with Crippen molar-refractivity contribution in [3.8, 4) is 0 Å². The molecule has 1 amide bonds. The largest absolute Gasteiger partial charge is 0.445 e. The van der Waals surface area contributed by atoms with Gasteiger partial charge in [0.25, 0.3) is 0 Å². The number of rotatable bonds is 8. The van der Waals surface area contributed by atoms with Crippen LogP contribution in [0.5, 0.6) is 0 Å². The van der Waals surface area contributed by atoms with Crippen LogP contribution in [0.4, 0.5) is 4.79 Å². The highest BCUT2D eigenvalue weighted by atomic mass is 31.2. The minimum Gasteiger partial charge on any atom is -0.445 e. The number of benzene rings is 1. The minimum atomic E-state index is -3.95. The Labute approximate surface area is 124 Å². The SMILES string of the molecule is C=CCOP(=O)(O)C(CC)NC(=O)OCc1ccccc1. The average molecular weight is 313 g/mol. The monoisotopic (exact) mass is 313 g/mol. The predicted octanol–water partition coefficient (Wildman–Crippen LogP) is 3.04. The first-order valence-corrected chi connectivity index (χ1v) is 8.19. The normalized spacial score (nSPS) is 14.8. The van der Waals surface area contributed by atoms with Crippen molar-refractivity contribution in [3.63, 3.8) is 0 Å². The van der Waals surface area contributed by atoms with Gasteiger partial charge < -0.3 is 19.5 Å². The van der Waals surface area contributed by atoms with E-state index in [1.54, 1.807) is 6.92 Å². The molecule has 21 heavy (non-hydrogen) atoms.